The van der Waals surface area contributed by atoms with Crippen molar-refractivity contribution >= 4 is 30.6 Å². The molecule has 2 N–H and O–H groups in total. The van der Waals surface area contributed by atoms with Crippen LogP contribution in [0.5, 0.6) is 0 Å². The van der Waals surface area contributed by atoms with Gasteiger partial charge < -0.3 is 20.1 Å². The molecule has 0 aromatic heterocycles. The van der Waals surface area contributed by atoms with Crippen LogP contribution >= 0.6 is 24.8 Å². The molecule has 0 fully saturated rings. The van der Waals surface area contributed by atoms with Crippen LogP contribution in [0.2, 0.25) is 0 Å². The van der Waals surface area contributed by atoms with E-state index in [1.165, 1.54) is 0 Å². The summed E-state index contributed by atoms with van der Waals surface area (Å²) in [5, 5.41) is 13.4. The average molecular weight is 443 g/mol. The van der Waals surface area contributed by atoms with Gasteiger partial charge in [0.25, 0.3) is 0 Å². The van der Waals surface area contributed by atoms with Gasteiger partial charge in [-0.3, -0.25) is 4.79 Å². The van der Waals surface area contributed by atoms with Crippen molar-refractivity contribution in [3.63, 3.8) is 0 Å². The summed E-state index contributed by atoms with van der Waals surface area (Å²) in [6.45, 7) is 2.24. The number of aliphatic hydroxyl groups excluding tert-OH is 1. The number of aliphatic hydroxyl groups is 1. The predicted molar refractivity (Wildman–Crippen MR) is 123 cm³/mol. The van der Waals surface area contributed by atoms with Crippen molar-refractivity contribution in [2.45, 2.75) is 18.6 Å². The molecule has 0 aliphatic heterocycles. The van der Waals surface area contributed by atoms with E-state index >= 15 is 0 Å². The molecule has 0 saturated heterocycles. The maximum atomic E-state index is 12.9. The third-order valence-corrected chi connectivity index (χ3v) is 4.22. The maximum absolute atomic E-state index is 12.9. The highest BCUT2D eigenvalue weighted by atomic mass is 35.5. The van der Waals surface area contributed by atoms with Crippen LogP contribution in [0, 0.1) is 0 Å². The Morgan fingerprint density at radius 3 is 2.21 bits per heavy atom. The number of benzene rings is 2. The Morgan fingerprint density at radius 2 is 1.62 bits per heavy atom. The van der Waals surface area contributed by atoms with Crippen molar-refractivity contribution < 1.29 is 14.6 Å². The first kappa shape index (κ1) is 27.5. The highest BCUT2D eigenvalue weighted by molar-refractivity contribution is 5.99. The molecular formula is C22H32Cl2N2O3. The maximum Gasteiger partial charge on any atom is 0.191 e. The van der Waals surface area contributed by atoms with Crippen molar-refractivity contribution in [2.24, 2.45) is 0 Å². The first-order valence-electron chi connectivity index (χ1n) is 9.34. The number of Topliss-reactive ketones (excluding diaryl/α,β-unsaturated/α-hetero) is 1. The molecular weight excluding hydrogens is 411 g/mol. The van der Waals surface area contributed by atoms with Crippen LogP contribution in [-0.4, -0.2) is 68.3 Å². The summed E-state index contributed by atoms with van der Waals surface area (Å²) >= 11 is 0. The molecule has 162 valence electrons. The summed E-state index contributed by atoms with van der Waals surface area (Å²) < 4.78 is 5.85. The Kier molecular flexibility index (Phi) is 14.6. The van der Waals surface area contributed by atoms with Crippen molar-refractivity contribution in [3.8, 4) is 0 Å². The molecule has 0 aliphatic carbocycles. The monoisotopic (exact) mass is 442 g/mol. The molecule has 0 radical (unpaired) electrons. The molecule has 0 bridgehead atoms. The summed E-state index contributed by atoms with van der Waals surface area (Å²) in [5.74, 6) is -0.0628. The third-order valence-electron chi connectivity index (χ3n) is 4.22. The molecule has 0 heterocycles. The van der Waals surface area contributed by atoms with Gasteiger partial charge in [0.05, 0.1) is 12.7 Å². The molecule has 0 aliphatic rings. The quantitative estimate of drug-likeness (QED) is 0.390. The highest BCUT2D eigenvalue weighted by Gasteiger charge is 2.22. The Hall–Kier alpha value is -1.47. The summed E-state index contributed by atoms with van der Waals surface area (Å²) in [5.41, 5.74) is 1.66. The molecule has 2 atom stereocenters. The first-order valence-corrected chi connectivity index (χ1v) is 9.34. The van der Waals surface area contributed by atoms with E-state index in [0.29, 0.717) is 18.5 Å². The van der Waals surface area contributed by atoms with Crippen LogP contribution in [0.1, 0.15) is 15.9 Å². The van der Waals surface area contributed by atoms with Gasteiger partial charge in [0.2, 0.25) is 0 Å². The number of hydrogen-bond acceptors (Lipinski definition) is 5. The molecule has 5 nitrogen and oxygen atoms in total. The largest absolute Gasteiger partial charge is 0.389 e. The number of likely N-dealkylation sites (N-methyl/N-ethyl adjacent to an activating group) is 1. The summed E-state index contributed by atoms with van der Waals surface area (Å²) in [6, 6.07) is 19.0. The summed E-state index contributed by atoms with van der Waals surface area (Å²) in [6.07, 6.45) is -0.796. The molecule has 2 rings (SSSR count). The lowest BCUT2D eigenvalue weighted by atomic mass is 10.00. The number of ether oxygens (including phenoxy) is 1. The van der Waals surface area contributed by atoms with E-state index in [4.69, 9.17) is 4.74 Å². The number of halogens is 2. The van der Waals surface area contributed by atoms with E-state index in [1.807, 2.05) is 62.6 Å². The van der Waals surface area contributed by atoms with Crippen LogP contribution < -0.4 is 5.32 Å². The average Bonchev–Trinajstić information content (AvgIpc) is 2.69. The van der Waals surface area contributed by atoms with Crippen LogP contribution in [0.4, 0.5) is 0 Å². The first-order chi connectivity index (χ1) is 13.1. The Morgan fingerprint density at radius 1 is 1.03 bits per heavy atom. The molecule has 0 spiro atoms. The molecule has 2 unspecified atom stereocenters. The minimum Gasteiger partial charge on any atom is -0.389 e. The van der Waals surface area contributed by atoms with Crippen molar-refractivity contribution in [3.05, 3.63) is 71.8 Å². The number of rotatable bonds is 12. The zero-order chi connectivity index (χ0) is 19.5. The zero-order valence-corrected chi connectivity index (χ0v) is 18.6. The van der Waals surface area contributed by atoms with Gasteiger partial charge in [0.15, 0.2) is 5.78 Å². The van der Waals surface area contributed by atoms with E-state index in [0.717, 1.165) is 18.7 Å². The second kappa shape index (κ2) is 15.4. The van der Waals surface area contributed by atoms with Gasteiger partial charge in [0, 0.05) is 31.6 Å². The van der Waals surface area contributed by atoms with Gasteiger partial charge in [-0.15, -0.1) is 24.8 Å². The van der Waals surface area contributed by atoms with Crippen molar-refractivity contribution in [2.75, 3.05) is 40.3 Å². The minimum absolute atomic E-state index is 0. The molecule has 2 aromatic rings. The van der Waals surface area contributed by atoms with Crippen molar-refractivity contribution in [1.29, 1.82) is 0 Å². The highest BCUT2D eigenvalue weighted by Crippen LogP contribution is 2.13. The van der Waals surface area contributed by atoms with Gasteiger partial charge in [-0.05, 0) is 19.7 Å². The fourth-order valence-electron chi connectivity index (χ4n) is 2.70. The summed E-state index contributed by atoms with van der Waals surface area (Å²) in [7, 11) is 4.01. The van der Waals surface area contributed by atoms with Crippen molar-refractivity contribution in [1.82, 2.24) is 10.2 Å². The second-order valence-corrected chi connectivity index (χ2v) is 6.90. The van der Waals surface area contributed by atoms with E-state index in [2.05, 4.69) is 10.2 Å². The number of hydrogen-bond donors (Lipinski definition) is 2. The van der Waals surface area contributed by atoms with Gasteiger partial charge in [-0.2, -0.15) is 0 Å². The normalized spacial score (nSPS) is 12.6. The lowest BCUT2D eigenvalue weighted by molar-refractivity contribution is -0.00170. The lowest BCUT2D eigenvalue weighted by Gasteiger charge is -2.20. The number of ketones is 1. The predicted octanol–water partition coefficient (Wildman–Crippen LogP) is 2.85. The standard InChI is InChI=1S/C22H30N2O3.2ClH/c1-24(2)14-13-23-16-20(25)17-27-21(15-18-9-5-3-6-10-18)22(26)19-11-7-4-8-12-19;;/h3-12,20-21,23,25H,13-17H2,1-2H3;2*1H. The number of nitrogens with zero attached hydrogens (tertiary/aromatic N) is 1. The Labute approximate surface area is 186 Å². The van der Waals surface area contributed by atoms with Crippen LogP contribution in [0.25, 0.3) is 0 Å². The van der Waals surface area contributed by atoms with E-state index in [-0.39, 0.29) is 37.2 Å². The Balaban J connectivity index is 0.00000392. The topological polar surface area (TPSA) is 61.8 Å². The molecule has 2 aromatic carbocycles. The molecule has 0 saturated carbocycles. The van der Waals surface area contributed by atoms with Gasteiger partial charge in [-0.1, -0.05) is 60.7 Å². The lowest BCUT2D eigenvalue weighted by Crippen LogP contribution is -2.37. The van der Waals surface area contributed by atoms with Gasteiger partial charge in [0.1, 0.15) is 6.10 Å². The minimum atomic E-state index is -0.658. The number of nitrogens with one attached hydrogen (secondary N) is 1. The van der Waals surface area contributed by atoms with E-state index in [9.17, 15) is 9.90 Å². The summed E-state index contributed by atoms with van der Waals surface area (Å²) in [4.78, 5) is 14.9. The number of carbonyl (C=O) groups excluding carboxylic acids is 1. The van der Waals surface area contributed by atoms with Crippen LogP contribution in [-0.2, 0) is 11.2 Å². The number of carbonyl (C=O) groups is 1. The van der Waals surface area contributed by atoms with E-state index < -0.39 is 12.2 Å². The second-order valence-electron chi connectivity index (χ2n) is 6.90. The molecule has 7 heteroatoms. The zero-order valence-electron chi connectivity index (χ0n) is 17.0. The SMILES string of the molecule is CN(C)CCNCC(O)COC(Cc1ccccc1)C(=O)c1ccccc1.Cl.Cl. The fourth-order valence-corrected chi connectivity index (χ4v) is 2.70. The van der Waals surface area contributed by atoms with E-state index in [1.54, 1.807) is 12.1 Å². The molecule has 29 heavy (non-hydrogen) atoms. The molecule has 0 amide bonds. The van der Waals surface area contributed by atoms with Gasteiger partial charge >= 0.3 is 0 Å². The fraction of sp³-hybridized carbons (Fsp3) is 0.409. The van der Waals surface area contributed by atoms with Crippen LogP contribution in [0.3, 0.4) is 0 Å². The van der Waals surface area contributed by atoms with Gasteiger partial charge in [-0.25, -0.2) is 0 Å². The Bertz CT molecular complexity index is 672. The third kappa shape index (κ3) is 10.8. The smallest absolute Gasteiger partial charge is 0.191 e. The van der Waals surface area contributed by atoms with Crippen LogP contribution in [0.15, 0.2) is 60.7 Å².